The zero-order chi connectivity index (χ0) is 12.0. The summed E-state index contributed by atoms with van der Waals surface area (Å²) in [5.41, 5.74) is 5.71. The summed E-state index contributed by atoms with van der Waals surface area (Å²) in [4.78, 5) is 14.1. The Balaban J connectivity index is 2.37. The number of amides is 1. The monoisotopic (exact) mass is 226 g/mol. The molecule has 0 heterocycles. The van der Waals surface area contributed by atoms with Crippen LogP contribution in [0.5, 0.6) is 0 Å². The topological polar surface area (TPSA) is 46.3 Å². The normalized spacial score (nSPS) is 24.7. The number of unbranched alkanes of at least 4 members (excludes halogenated alkanes) is 2. The summed E-state index contributed by atoms with van der Waals surface area (Å²) in [5, 5.41) is 0. The maximum atomic E-state index is 12.2. The quantitative estimate of drug-likeness (QED) is 0.704. The number of hydrogen-bond acceptors (Lipinski definition) is 2. The van der Waals surface area contributed by atoms with Crippen LogP contribution in [0.15, 0.2) is 0 Å². The fourth-order valence-electron chi connectivity index (χ4n) is 2.64. The highest BCUT2D eigenvalue weighted by atomic mass is 16.2. The first kappa shape index (κ1) is 13.5. The summed E-state index contributed by atoms with van der Waals surface area (Å²) < 4.78 is 0. The molecule has 1 amide bonds. The van der Waals surface area contributed by atoms with E-state index in [2.05, 4.69) is 6.92 Å². The smallest absolute Gasteiger partial charge is 0.225 e. The molecule has 0 aromatic rings. The van der Waals surface area contributed by atoms with E-state index in [1.807, 2.05) is 11.9 Å². The molecule has 0 saturated heterocycles. The highest BCUT2D eigenvalue weighted by Crippen LogP contribution is 2.32. The van der Waals surface area contributed by atoms with Crippen molar-refractivity contribution in [2.75, 3.05) is 20.1 Å². The molecule has 94 valence electrons. The van der Waals surface area contributed by atoms with Gasteiger partial charge in [0.15, 0.2) is 0 Å². The minimum atomic E-state index is 0.205. The van der Waals surface area contributed by atoms with Crippen molar-refractivity contribution in [1.29, 1.82) is 0 Å². The van der Waals surface area contributed by atoms with Crippen LogP contribution in [0.25, 0.3) is 0 Å². The second-order valence-corrected chi connectivity index (χ2v) is 5.00. The summed E-state index contributed by atoms with van der Waals surface area (Å²) in [6.07, 6.45) is 6.88. The second-order valence-electron chi connectivity index (χ2n) is 5.00. The molecule has 0 bridgehead atoms. The first-order chi connectivity index (χ1) is 7.70. The number of hydrogen-bond donors (Lipinski definition) is 1. The zero-order valence-electron chi connectivity index (χ0n) is 10.7. The van der Waals surface area contributed by atoms with Gasteiger partial charge in [0.1, 0.15) is 0 Å². The third kappa shape index (κ3) is 3.48. The first-order valence-corrected chi connectivity index (χ1v) is 6.65. The molecule has 0 spiro atoms. The molecule has 0 aliphatic heterocycles. The molecule has 3 nitrogen and oxygen atoms in total. The molecule has 2 unspecified atom stereocenters. The van der Waals surface area contributed by atoms with E-state index in [4.69, 9.17) is 5.73 Å². The predicted molar refractivity (Wildman–Crippen MR) is 67.0 cm³/mol. The Labute approximate surface area is 99.4 Å². The Morgan fingerprint density at radius 3 is 2.75 bits per heavy atom. The van der Waals surface area contributed by atoms with Crippen LogP contribution in [0, 0.1) is 11.8 Å². The van der Waals surface area contributed by atoms with Crippen molar-refractivity contribution in [3.05, 3.63) is 0 Å². The van der Waals surface area contributed by atoms with E-state index in [0.29, 0.717) is 18.4 Å². The van der Waals surface area contributed by atoms with Crippen LogP contribution >= 0.6 is 0 Å². The number of nitrogens with zero attached hydrogens (tertiary/aromatic N) is 1. The van der Waals surface area contributed by atoms with E-state index in [1.54, 1.807) is 0 Å². The van der Waals surface area contributed by atoms with Crippen LogP contribution < -0.4 is 5.73 Å². The van der Waals surface area contributed by atoms with Gasteiger partial charge < -0.3 is 10.6 Å². The molecule has 0 aromatic heterocycles. The lowest BCUT2D eigenvalue weighted by Gasteiger charge is -2.24. The molecule has 3 heteroatoms. The molecule has 2 N–H and O–H groups in total. The Bertz CT molecular complexity index is 218. The van der Waals surface area contributed by atoms with E-state index >= 15 is 0 Å². The Morgan fingerprint density at radius 1 is 1.38 bits per heavy atom. The van der Waals surface area contributed by atoms with Crippen molar-refractivity contribution >= 4 is 5.91 Å². The van der Waals surface area contributed by atoms with Crippen molar-refractivity contribution in [3.63, 3.8) is 0 Å². The SMILES string of the molecule is CCCCCN(C)C(=O)C1CCCC1CN. The highest BCUT2D eigenvalue weighted by Gasteiger charge is 2.33. The lowest BCUT2D eigenvalue weighted by molar-refractivity contribution is -0.135. The lowest BCUT2D eigenvalue weighted by atomic mass is 9.95. The molecule has 0 radical (unpaired) electrons. The number of rotatable bonds is 6. The van der Waals surface area contributed by atoms with Crippen LogP contribution in [-0.2, 0) is 4.79 Å². The minimum Gasteiger partial charge on any atom is -0.346 e. The van der Waals surface area contributed by atoms with E-state index in [9.17, 15) is 4.79 Å². The molecule has 0 aromatic carbocycles. The molecule has 2 atom stereocenters. The van der Waals surface area contributed by atoms with E-state index in [1.165, 1.54) is 19.3 Å². The Hall–Kier alpha value is -0.570. The molecular formula is C13H26N2O. The Morgan fingerprint density at radius 2 is 2.12 bits per heavy atom. The highest BCUT2D eigenvalue weighted by molar-refractivity contribution is 5.79. The van der Waals surface area contributed by atoms with Gasteiger partial charge in [-0.15, -0.1) is 0 Å². The zero-order valence-corrected chi connectivity index (χ0v) is 10.7. The van der Waals surface area contributed by atoms with Crippen molar-refractivity contribution in [2.24, 2.45) is 17.6 Å². The largest absolute Gasteiger partial charge is 0.346 e. The summed E-state index contributed by atoms with van der Waals surface area (Å²) >= 11 is 0. The standard InChI is InChI=1S/C13H26N2O/c1-3-4-5-9-15(2)13(16)12-8-6-7-11(12)10-14/h11-12H,3-10,14H2,1-2H3. The van der Waals surface area contributed by atoms with Crippen molar-refractivity contribution < 1.29 is 4.79 Å². The number of carbonyl (C=O) groups is 1. The van der Waals surface area contributed by atoms with Crippen molar-refractivity contribution in [3.8, 4) is 0 Å². The molecule has 1 aliphatic carbocycles. The molecular weight excluding hydrogens is 200 g/mol. The van der Waals surface area contributed by atoms with Gasteiger partial charge in [0.25, 0.3) is 0 Å². The minimum absolute atomic E-state index is 0.205. The lowest BCUT2D eigenvalue weighted by Crippen LogP contribution is -2.37. The second kappa shape index (κ2) is 6.89. The van der Waals surface area contributed by atoms with Gasteiger partial charge in [-0.05, 0) is 31.7 Å². The van der Waals surface area contributed by atoms with E-state index < -0.39 is 0 Å². The number of nitrogens with two attached hydrogens (primary N) is 1. The van der Waals surface area contributed by atoms with Gasteiger partial charge in [0.05, 0.1) is 0 Å². The molecule has 1 aliphatic rings. The predicted octanol–water partition coefficient (Wildman–Crippen LogP) is 2.01. The van der Waals surface area contributed by atoms with Crippen LogP contribution in [0.1, 0.15) is 45.4 Å². The summed E-state index contributed by atoms with van der Waals surface area (Å²) in [7, 11) is 1.93. The summed E-state index contributed by atoms with van der Waals surface area (Å²) in [6, 6.07) is 0. The van der Waals surface area contributed by atoms with Gasteiger partial charge in [-0.1, -0.05) is 26.2 Å². The molecule has 1 fully saturated rings. The maximum absolute atomic E-state index is 12.2. The fourth-order valence-corrected chi connectivity index (χ4v) is 2.64. The number of carbonyl (C=O) groups excluding carboxylic acids is 1. The first-order valence-electron chi connectivity index (χ1n) is 6.65. The average molecular weight is 226 g/mol. The third-order valence-corrected chi connectivity index (χ3v) is 3.75. The maximum Gasteiger partial charge on any atom is 0.225 e. The van der Waals surface area contributed by atoms with Crippen LogP contribution in [-0.4, -0.2) is 30.9 Å². The van der Waals surface area contributed by atoms with Crippen molar-refractivity contribution in [2.45, 2.75) is 45.4 Å². The van der Waals surface area contributed by atoms with Crippen LogP contribution in [0.2, 0.25) is 0 Å². The molecule has 16 heavy (non-hydrogen) atoms. The van der Waals surface area contributed by atoms with Gasteiger partial charge >= 0.3 is 0 Å². The van der Waals surface area contributed by atoms with E-state index in [0.717, 1.165) is 25.8 Å². The molecule has 1 saturated carbocycles. The van der Waals surface area contributed by atoms with Gasteiger partial charge in [-0.3, -0.25) is 4.79 Å². The third-order valence-electron chi connectivity index (χ3n) is 3.75. The van der Waals surface area contributed by atoms with E-state index in [-0.39, 0.29) is 5.92 Å². The van der Waals surface area contributed by atoms with Crippen molar-refractivity contribution in [1.82, 2.24) is 4.90 Å². The summed E-state index contributed by atoms with van der Waals surface area (Å²) in [6.45, 7) is 3.75. The fraction of sp³-hybridized carbons (Fsp3) is 0.923. The van der Waals surface area contributed by atoms with Crippen LogP contribution in [0.3, 0.4) is 0 Å². The van der Waals surface area contributed by atoms with Gasteiger partial charge in [0, 0.05) is 19.5 Å². The summed E-state index contributed by atoms with van der Waals surface area (Å²) in [5.74, 6) is 0.960. The van der Waals surface area contributed by atoms with Crippen LogP contribution in [0.4, 0.5) is 0 Å². The average Bonchev–Trinajstić information content (AvgIpc) is 2.76. The van der Waals surface area contributed by atoms with Gasteiger partial charge in [0.2, 0.25) is 5.91 Å². The van der Waals surface area contributed by atoms with Gasteiger partial charge in [-0.2, -0.15) is 0 Å². The van der Waals surface area contributed by atoms with Gasteiger partial charge in [-0.25, -0.2) is 0 Å². The Kier molecular flexibility index (Phi) is 5.81. The molecule has 1 rings (SSSR count).